The molecule has 2 N–H and O–H groups in total. The number of nitrogens with zero attached hydrogens (tertiary/aromatic N) is 2. The van der Waals surface area contributed by atoms with Crippen molar-refractivity contribution in [3.8, 4) is 0 Å². The van der Waals surface area contributed by atoms with Crippen LogP contribution in [0.4, 0.5) is 0 Å². The molecule has 1 aromatic rings. The molecule has 4 heteroatoms. The Labute approximate surface area is 126 Å². The van der Waals surface area contributed by atoms with Crippen LogP contribution in [0, 0.1) is 6.92 Å². The van der Waals surface area contributed by atoms with Gasteiger partial charge in [-0.1, -0.05) is 6.42 Å². The molecule has 3 heterocycles. The maximum Gasteiger partial charge on any atom is 0.0567 e. The molecule has 2 saturated heterocycles. The van der Waals surface area contributed by atoms with E-state index in [1.807, 2.05) is 11.3 Å². The Bertz CT molecular complexity index is 445. The van der Waals surface area contributed by atoms with E-state index in [1.54, 1.807) is 0 Å². The summed E-state index contributed by atoms with van der Waals surface area (Å²) in [5, 5.41) is 0. The average molecular weight is 293 g/mol. The lowest BCUT2D eigenvalue weighted by atomic mass is 9.95. The highest BCUT2D eigenvalue weighted by Gasteiger charge is 2.36. The summed E-state index contributed by atoms with van der Waals surface area (Å²) in [7, 11) is 0. The number of thiophene rings is 1. The molecule has 0 aromatic carbocycles. The molecule has 1 aromatic heterocycles. The van der Waals surface area contributed by atoms with Crippen LogP contribution in [0.5, 0.6) is 0 Å². The minimum Gasteiger partial charge on any atom is -0.329 e. The largest absolute Gasteiger partial charge is 0.329 e. The maximum absolute atomic E-state index is 6.13. The van der Waals surface area contributed by atoms with Crippen LogP contribution in [0.25, 0.3) is 0 Å². The quantitative estimate of drug-likeness (QED) is 0.930. The predicted molar refractivity (Wildman–Crippen MR) is 86.2 cm³/mol. The van der Waals surface area contributed by atoms with Crippen LogP contribution in [0.15, 0.2) is 12.1 Å². The van der Waals surface area contributed by atoms with Gasteiger partial charge in [-0.2, -0.15) is 0 Å². The fourth-order valence-corrected chi connectivity index (χ4v) is 4.87. The van der Waals surface area contributed by atoms with Gasteiger partial charge in [-0.3, -0.25) is 9.80 Å². The highest BCUT2D eigenvalue weighted by atomic mass is 32.1. The van der Waals surface area contributed by atoms with Gasteiger partial charge >= 0.3 is 0 Å². The van der Waals surface area contributed by atoms with Crippen molar-refractivity contribution in [1.82, 2.24) is 9.80 Å². The van der Waals surface area contributed by atoms with Crippen molar-refractivity contribution >= 4 is 11.3 Å². The molecule has 3 unspecified atom stereocenters. The first-order valence-electron chi connectivity index (χ1n) is 7.95. The lowest BCUT2D eigenvalue weighted by Crippen LogP contribution is -2.59. The van der Waals surface area contributed by atoms with Crippen LogP contribution < -0.4 is 5.73 Å². The van der Waals surface area contributed by atoms with E-state index in [9.17, 15) is 0 Å². The van der Waals surface area contributed by atoms with Crippen molar-refractivity contribution in [2.24, 2.45) is 5.73 Å². The topological polar surface area (TPSA) is 32.5 Å². The smallest absolute Gasteiger partial charge is 0.0567 e. The van der Waals surface area contributed by atoms with E-state index < -0.39 is 0 Å². The fourth-order valence-electron chi connectivity index (χ4n) is 3.86. The summed E-state index contributed by atoms with van der Waals surface area (Å²) in [6, 6.07) is 6.28. The van der Waals surface area contributed by atoms with Crippen molar-refractivity contribution in [3.63, 3.8) is 0 Å². The van der Waals surface area contributed by atoms with E-state index in [4.69, 9.17) is 5.73 Å². The number of aryl methyl sites for hydroxylation is 1. The Kier molecular flexibility index (Phi) is 4.46. The Balaban J connectivity index is 1.77. The van der Waals surface area contributed by atoms with Crippen LogP contribution in [0.2, 0.25) is 0 Å². The van der Waals surface area contributed by atoms with Gasteiger partial charge < -0.3 is 5.73 Å². The van der Waals surface area contributed by atoms with Gasteiger partial charge in [-0.15, -0.1) is 11.3 Å². The Hall–Kier alpha value is -0.420. The molecule has 0 amide bonds. The molecule has 3 rings (SSSR count). The normalized spacial score (nSPS) is 30.1. The molecule has 3 nitrogen and oxygen atoms in total. The fraction of sp³-hybridized carbons (Fsp3) is 0.750. The molecule has 0 bridgehead atoms. The minimum absolute atomic E-state index is 0.410. The molecule has 3 atom stereocenters. The van der Waals surface area contributed by atoms with E-state index >= 15 is 0 Å². The summed E-state index contributed by atoms with van der Waals surface area (Å²) in [6.07, 6.45) is 4.15. The minimum atomic E-state index is 0.410. The zero-order valence-corrected chi connectivity index (χ0v) is 13.5. The molecule has 2 fully saturated rings. The lowest BCUT2D eigenvalue weighted by Gasteiger charge is -2.49. The number of hydrogen-bond acceptors (Lipinski definition) is 4. The van der Waals surface area contributed by atoms with Crippen molar-refractivity contribution in [2.75, 3.05) is 26.2 Å². The summed E-state index contributed by atoms with van der Waals surface area (Å²) in [5.41, 5.74) is 6.13. The number of rotatable bonds is 3. The molecule has 0 aliphatic carbocycles. The third kappa shape index (κ3) is 2.80. The molecule has 2 aliphatic heterocycles. The first-order chi connectivity index (χ1) is 9.69. The standard InChI is InChI=1S/C16H27N3S/c1-12-10-18-8-4-3-5-14(18)11-19(12)15(9-17)16-7-6-13(2)20-16/h6-7,12,14-15H,3-5,8-11,17H2,1-2H3. The van der Waals surface area contributed by atoms with Crippen molar-refractivity contribution < 1.29 is 0 Å². The van der Waals surface area contributed by atoms with Crippen LogP contribution >= 0.6 is 11.3 Å². The number of fused-ring (bicyclic) bond motifs is 1. The van der Waals surface area contributed by atoms with Gasteiger partial charge in [-0.25, -0.2) is 0 Å². The number of nitrogens with two attached hydrogens (primary N) is 1. The van der Waals surface area contributed by atoms with E-state index in [0.29, 0.717) is 12.1 Å². The molecular formula is C16H27N3S. The molecule has 20 heavy (non-hydrogen) atoms. The molecule has 2 aliphatic rings. The number of hydrogen-bond donors (Lipinski definition) is 1. The van der Waals surface area contributed by atoms with Crippen molar-refractivity contribution in [1.29, 1.82) is 0 Å². The van der Waals surface area contributed by atoms with E-state index in [2.05, 4.69) is 35.8 Å². The highest BCUT2D eigenvalue weighted by molar-refractivity contribution is 7.12. The van der Waals surface area contributed by atoms with E-state index in [-0.39, 0.29) is 0 Å². The second-order valence-electron chi connectivity index (χ2n) is 6.39. The van der Waals surface area contributed by atoms with Gasteiger partial charge in [0.05, 0.1) is 6.04 Å². The third-order valence-electron chi connectivity index (χ3n) is 4.95. The Morgan fingerprint density at radius 2 is 2.20 bits per heavy atom. The molecular weight excluding hydrogens is 266 g/mol. The molecule has 0 radical (unpaired) electrons. The van der Waals surface area contributed by atoms with Crippen LogP contribution in [-0.2, 0) is 0 Å². The Morgan fingerprint density at radius 3 is 2.90 bits per heavy atom. The van der Waals surface area contributed by atoms with Crippen LogP contribution in [-0.4, -0.2) is 48.1 Å². The summed E-state index contributed by atoms with van der Waals surface area (Å²) < 4.78 is 0. The van der Waals surface area contributed by atoms with Gasteiger partial charge in [0.1, 0.15) is 0 Å². The second-order valence-corrected chi connectivity index (χ2v) is 7.71. The number of piperidine rings is 1. The average Bonchev–Trinajstić information content (AvgIpc) is 2.86. The molecule has 0 saturated carbocycles. The third-order valence-corrected chi connectivity index (χ3v) is 6.05. The monoisotopic (exact) mass is 293 g/mol. The first kappa shape index (κ1) is 14.5. The van der Waals surface area contributed by atoms with Gasteiger partial charge in [0, 0.05) is 41.5 Å². The SMILES string of the molecule is Cc1ccc(C(CN)N2CC3CCCCN3CC2C)s1. The second kappa shape index (κ2) is 6.14. The highest BCUT2D eigenvalue weighted by Crippen LogP contribution is 2.33. The van der Waals surface area contributed by atoms with E-state index in [1.165, 1.54) is 48.7 Å². The molecule has 0 spiro atoms. The maximum atomic E-state index is 6.13. The summed E-state index contributed by atoms with van der Waals surface area (Å²) in [4.78, 5) is 8.21. The summed E-state index contributed by atoms with van der Waals surface area (Å²) in [6.45, 7) is 9.00. The Morgan fingerprint density at radius 1 is 1.35 bits per heavy atom. The zero-order valence-electron chi connectivity index (χ0n) is 12.7. The zero-order chi connectivity index (χ0) is 14.1. The van der Waals surface area contributed by atoms with Crippen LogP contribution in [0.1, 0.15) is 42.0 Å². The van der Waals surface area contributed by atoms with Gasteiger partial charge in [0.15, 0.2) is 0 Å². The summed E-state index contributed by atoms with van der Waals surface area (Å²) >= 11 is 1.91. The van der Waals surface area contributed by atoms with Gasteiger partial charge in [0.2, 0.25) is 0 Å². The van der Waals surface area contributed by atoms with Crippen LogP contribution in [0.3, 0.4) is 0 Å². The predicted octanol–water partition coefficient (Wildman–Crippen LogP) is 2.61. The number of piperazine rings is 1. The van der Waals surface area contributed by atoms with Crippen molar-refractivity contribution in [3.05, 3.63) is 21.9 Å². The first-order valence-corrected chi connectivity index (χ1v) is 8.77. The molecule has 112 valence electrons. The summed E-state index contributed by atoms with van der Waals surface area (Å²) in [5.74, 6) is 0. The van der Waals surface area contributed by atoms with Crippen molar-refractivity contribution in [2.45, 2.75) is 51.2 Å². The van der Waals surface area contributed by atoms with Gasteiger partial charge in [0.25, 0.3) is 0 Å². The lowest BCUT2D eigenvalue weighted by molar-refractivity contribution is -0.00592. The van der Waals surface area contributed by atoms with Gasteiger partial charge in [-0.05, 0) is 45.4 Å². The van der Waals surface area contributed by atoms with E-state index in [0.717, 1.165) is 12.6 Å².